The highest BCUT2D eigenvalue weighted by Gasteiger charge is 2.22. The van der Waals surface area contributed by atoms with Gasteiger partial charge in [0, 0.05) is 12.5 Å². The zero-order valence-electron chi connectivity index (χ0n) is 12.3. The number of hydrogen-bond donors (Lipinski definition) is 3. The van der Waals surface area contributed by atoms with Gasteiger partial charge in [-0.1, -0.05) is 19.9 Å². The number of nitrogens with zero attached hydrogens (tertiary/aromatic N) is 1. The maximum absolute atomic E-state index is 11.9. The van der Waals surface area contributed by atoms with E-state index in [1.807, 2.05) is 13.8 Å². The van der Waals surface area contributed by atoms with Gasteiger partial charge in [0.25, 0.3) is 5.69 Å². The van der Waals surface area contributed by atoms with Crippen molar-refractivity contribution in [2.45, 2.75) is 33.1 Å². The lowest BCUT2D eigenvalue weighted by molar-refractivity contribution is -0.384. The molecule has 0 atom stereocenters. The van der Waals surface area contributed by atoms with Crippen LogP contribution in [0, 0.1) is 15.5 Å². The molecule has 7 heteroatoms. The number of carbonyl (C=O) groups is 1. The van der Waals surface area contributed by atoms with Crippen LogP contribution in [0.5, 0.6) is 5.75 Å². The highest BCUT2D eigenvalue weighted by Crippen LogP contribution is 2.33. The van der Waals surface area contributed by atoms with Gasteiger partial charge in [0.05, 0.1) is 4.92 Å². The van der Waals surface area contributed by atoms with Gasteiger partial charge in [-0.3, -0.25) is 14.9 Å². The van der Waals surface area contributed by atoms with Gasteiger partial charge in [-0.25, -0.2) is 0 Å². The second kappa shape index (κ2) is 7.03. The van der Waals surface area contributed by atoms with Crippen molar-refractivity contribution in [3.05, 3.63) is 28.3 Å². The SMILES string of the molecule is CC(C)(CCN)CCC(=O)Nc1c(O)cccc1[N+](=O)[O-]. The van der Waals surface area contributed by atoms with Crippen LogP contribution in [0.1, 0.15) is 33.1 Å². The Morgan fingerprint density at radius 3 is 2.67 bits per heavy atom. The molecule has 0 saturated heterocycles. The number of rotatable bonds is 7. The van der Waals surface area contributed by atoms with Crippen LogP contribution in [-0.2, 0) is 4.79 Å². The van der Waals surface area contributed by atoms with Crippen LogP contribution in [-0.4, -0.2) is 22.5 Å². The Hall–Kier alpha value is -2.15. The zero-order chi connectivity index (χ0) is 16.0. The van der Waals surface area contributed by atoms with Gasteiger partial charge in [0.1, 0.15) is 5.75 Å². The monoisotopic (exact) mass is 295 g/mol. The molecule has 0 aliphatic rings. The first-order valence-corrected chi connectivity index (χ1v) is 6.73. The standard InChI is InChI=1S/C14H21N3O4/c1-14(2,8-9-15)7-6-12(19)16-13-10(17(20)21)4-3-5-11(13)18/h3-5,18H,6-9,15H2,1-2H3,(H,16,19). The molecule has 4 N–H and O–H groups in total. The first-order chi connectivity index (χ1) is 9.76. The minimum absolute atomic E-state index is 0.0727. The highest BCUT2D eigenvalue weighted by atomic mass is 16.6. The van der Waals surface area contributed by atoms with Crippen molar-refractivity contribution in [1.82, 2.24) is 0 Å². The molecule has 0 aromatic heterocycles. The van der Waals surface area contributed by atoms with Crippen molar-refractivity contribution in [1.29, 1.82) is 0 Å². The second-order valence-electron chi connectivity index (χ2n) is 5.68. The molecule has 0 heterocycles. The third-order valence-corrected chi connectivity index (χ3v) is 3.33. The Morgan fingerprint density at radius 2 is 2.10 bits per heavy atom. The number of carbonyl (C=O) groups excluding carboxylic acids is 1. The quantitative estimate of drug-likeness (QED) is 0.405. The molecule has 116 valence electrons. The summed E-state index contributed by atoms with van der Waals surface area (Å²) >= 11 is 0. The number of nitrogens with one attached hydrogen (secondary N) is 1. The van der Waals surface area contributed by atoms with Crippen LogP contribution in [0.3, 0.4) is 0 Å². The van der Waals surface area contributed by atoms with Crippen LogP contribution in [0.2, 0.25) is 0 Å². The van der Waals surface area contributed by atoms with E-state index in [1.54, 1.807) is 0 Å². The van der Waals surface area contributed by atoms with Crippen LogP contribution < -0.4 is 11.1 Å². The average Bonchev–Trinajstić information content (AvgIpc) is 2.38. The summed E-state index contributed by atoms with van der Waals surface area (Å²) in [6, 6.07) is 3.88. The van der Waals surface area contributed by atoms with Gasteiger partial charge in [-0.05, 0) is 30.9 Å². The number of para-hydroxylation sites is 1. The molecule has 0 bridgehead atoms. The summed E-state index contributed by atoms with van der Waals surface area (Å²) in [6.07, 6.45) is 1.60. The van der Waals surface area contributed by atoms with Crippen LogP contribution in [0.15, 0.2) is 18.2 Å². The average molecular weight is 295 g/mol. The molecule has 1 aromatic carbocycles. The normalized spacial score (nSPS) is 11.2. The predicted octanol–water partition coefficient (Wildman–Crippen LogP) is 2.39. The third kappa shape index (κ3) is 5.03. The lowest BCUT2D eigenvalue weighted by atomic mass is 9.84. The maximum atomic E-state index is 11.9. The number of nitro groups is 1. The van der Waals surface area contributed by atoms with Gasteiger partial charge in [0.2, 0.25) is 5.91 Å². The Balaban J connectivity index is 2.74. The fourth-order valence-electron chi connectivity index (χ4n) is 1.98. The first kappa shape index (κ1) is 16.9. The highest BCUT2D eigenvalue weighted by molar-refractivity contribution is 5.94. The number of phenols is 1. The van der Waals surface area contributed by atoms with Gasteiger partial charge >= 0.3 is 0 Å². The van der Waals surface area contributed by atoms with Crippen molar-refractivity contribution in [3.63, 3.8) is 0 Å². The molecule has 0 unspecified atom stereocenters. The van der Waals surface area contributed by atoms with Gasteiger partial charge in [-0.15, -0.1) is 0 Å². The number of nitro benzene ring substituents is 1. The molecule has 0 saturated carbocycles. The topological polar surface area (TPSA) is 118 Å². The number of phenolic OH excluding ortho intramolecular Hbond substituents is 1. The number of hydrogen-bond acceptors (Lipinski definition) is 5. The molecular formula is C14H21N3O4. The number of nitrogens with two attached hydrogens (primary N) is 1. The maximum Gasteiger partial charge on any atom is 0.296 e. The van der Waals surface area contributed by atoms with Gasteiger partial charge in [0.15, 0.2) is 5.69 Å². The van der Waals surface area contributed by atoms with Crippen molar-refractivity contribution >= 4 is 17.3 Å². The molecule has 0 radical (unpaired) electrons. The summed E-state index contributed by atoms with van der Waals surface area (Å²) in [5, 5.41) is 23.0. The van der Waals surface area contributed by atoms with E-state index in [0.29, 0.717) is 13.0 Å². The first-order valence-electron chi connectivity index (χ1n) is 6.73. The van der Waals surface area contributed by atoms with Crippen molar-refractivity contribution in [2.24, 2.45) is 11.1 Å². The largest absolute Gasteiger partial charge is 0.505 e. The molecule has 1 aromatic rings. The summed E-state index contributed by atoms with van der Waals surface area (Å²) in [5.74, 6) is -0.691. The van der Waals surface area contributed by atoms with E-state index in [0.717, 1.165) is 6.42 Å². The van der Waals surface area contributed by atoms with Gasteiger partial charge < -0.3 is 16.2 Å². The van der Waals surface area contributed by atoms with E-state index in [2.05, 4.69) is 5.32 Å². The minimum atomic E-state index is -0.645. The number of benzene rings is 1. The number of aromatic hydroxyl groups is 1. The lowest BCUT2D eigenvalue weighted by Crippen LogP contribution is -2.21. The zero-order valence-corrected chi connectivity index (χ0v) is 12.3. The van der Waals surface area contributed by atoms with E-state index in [4.69, 9.17) is 5.73 Å². The van der Waals surface area contributed by atoms with Gasteiger partial charge in [-0.2, -0.15) is 0 Å². The smallest absolute Gasteiger partial charge is 0.296 e. The fourth-order valence-corrected chi connectivity index (χ4v) is 1.98. The summed E-state index contributed by atoms with van der Waals surface area (Å²) in [6.45, 7) is 4.56. The Kier molecular flexibility index (Phi) is 5.66. The molecule has 0 fully saturated rings. The van der Waals surface area contributed by atoms with E-state index >= 15 is 0 Å². The fraction of sp³-hybridized carbons (Fsp3) is 0.500. The molecule has 7 nitrogen and oxygen atoms in total. The molecule has 1 amide bonds. The summed E-state index contributed by atoms with van der Waals surface area (Å²) in [4.78, 5) is 22.2. The van der Waals surface area contributed by atoms with E-state index in [-0.39, 0.29) is 34.9 Å². The molecule has 0 spiro atoms. The van der Waals surface area contributed by atoms with Crippen molar-refractivity contribution < 1.29 is 14.8 Å². The molecule has 1 rings (SSSR count). The van der Waals surface area contributed by atoms with Crippen LogP contribution in [0.4, 0.5) is 11.4 Å². The van der Waals surface area contributed by atoms with Crippen LogP contribution in [0.25, 0.3) is 0 Å². The van der Waals surface area contributed by atoms with E-state index in [9.17, 15) is 20.0 Å². The van der Waals surface area contributed by atoms with E-state index < -0.39 is 4.92 Å². The number of amides is 1. The molecule has 0 aliphatic heterocycles. The molecule has 21 heavy (non-hydrogen) atoms. The Bertz CT molecular complexity index is 529. The van der Waals surface area contributed by atoms with E-state index in [1.165, 1.54) is 18.2 Å². The number of anilines is 1. The predicted molar refractivity (Wildman–Crippen MR) is 80.1 cm³/mol. The van der Waals surface area contributed by atoms with Crippen LogP contribution >= 0.6 is 0 Å². The third-order valence-electron chi connectivity index (χ3n) is 3.33. The Morgan fingerprint density at radius 1 is 1.43 bits per heavy atom. The lowest BCUT2D eigenvalue weighted by Gasteiger charge is -2.23. The Labute approximate surface area is 123 Å². The summed E-state index contributed by atoms with van der Waals surface area (Å²) in [5.41, 5.74) is 4.94. The minimum Gasteiger partial charge on any atom is -0.505 e. The summed E-state index contributed by atoms with van der Waals surface area (Å²) < 4.78 is 0. The summed E-state index contributed by atoms with van der Waals surface area (Å²) in [7, 11) is 0. The molecular weight excluding hydrogens is 274 g/mol. The second-order valence-corrected chi connectivity index (χ2v) is 5.68. The van der Waals surface area contributed by atoms with Crippen molar-refractivity contribution in [2.75, 3.05) is 11.9 Å². The van der Waals surface area contributed by atoms with Crippen molar-refractivity contribution in [3.8, 4) is 5.75 Å². The molecule has 0 aliphatic carbocycles.